The number of hydrogen-bond acceptors (Lipinski definition) is 2. The third kappa shape index (κ3) is 3.97. The van der Waals surface area contributed by atoms with Crippen molar-refractivity contribution in [1.82, 2.24) is 5.09 Å². The molecule has 0 bridgehead atoms. The van der Waals surface area contributed by atoms with Gasteiger partial charge in [0, 0.05) is 0 Å². The average molecular weight is 414 g/mol. The summed E-state index contributed by atoms with van der Waals surface area (Å²) in [5, 5.41) is 6.35. The van der Waals surface area contributed by atoms with Crippen molar-refractivity contribution < 1.29 is 4.74 Å². The summed E-state index contributed by atoms with van der Waals surface area (Å²) in [6, 6.07) is 29.6. The molecular weight excluding hydrogens is 392 g/mol. The maximum atomic E-state index is 5.67. The van der Waals surface area contributed by atoms with E-state index in [0.29, 0.717) is 0 Å². The van der Waals surface area contributed by atoms with E-state index in [-0.39, 0.29) is 6.04 Å². The second kappa shape index (κ2) is 8.17. The average Bonchev–Trinajstić information content (AvgIpc) is 2.69. The molecule has 0 saturated heterocycles. The Labute approximate surface area is 157 Å². The number of ether oxygens (including phenoxy) is 1. The van der Waals surface area contributed by atoms with Crippen LogP contribution in [0.5, 0.6) is 5.75 Å². The molecule has 0 fully saturated rings. The van der Waals surface area contributed by atoms with Crippen molar-refractivity contribution in [1.29, 1.82) is 0 Å². The molecule has 1 N–H and O–H groups in total. The van der Waals surface area contributed by atoms with E-state index >= 15 is 0 Å². The van der Waals surface area contributed by atoms with E-state index < -0.39 is 5.66 Å². The Balaban J connectivity index is 2.09. The Hall–Kier alpha value is -1.63. The molecule has 0 aliphatic carbocycles. The fourth-order valence-electron chi connectivity index (χ4n) is 2.90. The Morgan fingerprint density at radius 1 is 0.840 bits per heavy atom. The number of benzene rings is 3. The zero-order chi connectivity index (χ0) is 17.7. The first-order chi connectivity index (χ1) is 12.1. The van der Waals surface area contributed by atoms with Gasteiger partial charge in [-0.1, -0.05) is 0 Å². The number of nitrogens with one attached hydrogen (secondary N) is 1. The molecule has 3 rings (SSSR count). The van der Waals surface area contributed by atoms with Crippen LogP contribution in [-0.2, 0) is 0 Å². The molecule has 2 atom stereocenters. The van der Waals surface area contributed by atoms with Crippen molar-refractivity contribution in [2.24, 2.45) is 0 Å². The first kappa shape index (κ1) is 18.2. The van der Waals surface area contributed by atoms with Crippen LogP contribution in [0.4, 0.5) is 0 Å². The molecule has 0 radical (unpaired) electrons. The second-order valence-corrected chi connectivity index (χ2v) is 11.8. The van der Waals surface area contributed by atoms with Gasteiger partial charge in [-0.2, -0.15) is 0 Å². The Morgan fingerprint density at radius 2 is 1.40 bits per heavy atom. The van der Waals surface area contributed by atoms with Gasteiger partial charge in [-0.15, -0.1) is 0 Å². The second-order valence-electron chi connectivity index (χ2n) is 5.88. The molecule has 128 valence electrons. The Morgan fingerprint density at radius 3 is 2.04 bits per heavy atom. The summed E-state index contributed by atoms with van der Waals surface area (Å²) >= 11 is 3.52. The van der Waals surface area contributed by atoms with Crippen molar-refractivity contribution in [2.75, 3.05) is 7.11 Å². The van der Waals surface area contributed by atoms with Gasteiger partial charge >= 0.3 is 158 Å². The van der Waals surface area contributed by atoms with E-state index in [1.165, 1.54) is 16.2 Å². The molecule has 0 aliphatic heterocycles. The number of methoxy groups -OCH3 is 1. The van der Waals surface area contributed by atoms with Gasteiger partial charge in [0.2, 0.25) is 0 Å². The first-order valence-electron chi connectivity index (χ1n) is 8.27. The number of hydrogen-bond donors (Lipinski definition) is 1. The van der Waals surface area contributed by atoms with Crippen molar-refractivity contribution in [2.45, 2.75) is 13.0 Å². The molecule has 3 aromatic carbocycles. The van der Waals surface area contributed by atoms with E-state index in [4.69, 9.17) is 4.74 Å². The van der Waals surface area contributed by atoms with Crippen LogP contribution >= 0.6 is 5.66 Å². The molecule has 0 aliphatic rings. The van der Waals surface area contributed by atoms with E-state index in [9.17, 15) is 0 Å². The summed E-state index contributed by atoms with van der Waals surface area (Å²) in [7, 11) is 1.73. The van der Waals surface area contributed by atoms with Crippen LogP contribution in [0, 0.1) is 0 Å². The van der Waals surface area contributed by atoms with Gasteiger partial charge in [0.15, 0.2) is 0 Å². The van der Waals surface area contributed by atoms with Gasteiger partial charge in [0.1, 0.15) is 0 Å². The number of rotatable bonds is 6. The minimum absolute atomic E-state index is 0.209. The molecule has 0 heterocycles. The quantitative estimate of drug-likeness (QED) is 0.486. The molecule has 1 unspecified atom stereocenters. The van der Waals surface area contributed by atoms with Crippen LogP contribution in [0.3, 0.4) is 0 Å². The Kier molecular flexibility index (Phi) is 5.93. The van der Waals surface area contributed by atoms with E-state index in [1.54, 1.807) is 7.11 Å². The maximum absolute atomic E-state index is 5.67. The molecule has 3 aromatic rings. The van der Waals surface area contributed by atoms with Crippen LogP contribution < -0.4 is 20.4 Å². The van der Waals surface area contributed by atoms with Crippen molar-refractivity contribution >= 4 is 31.4 Å². The van der Waals surface area contributed by atoms with E-state index in [0.717, 1.165) is 5.75 Å². The summed E-state index contributed by atoms with van der Waals surface area (Å²) < 4.78 is 5.67. The first-order valence-corrected chi connectivity index (χ1v) is 12.3. The molecule has 0 aromatic heterocycles. The van der Waals surface area contributed by atoms with Crippen molar-refractivity contribution in [3.05, 3.63) is 90.5 Å². The van der Waals surface area contributed by atoms with E-state index in [1.807, 2.05) is 18.2 Å². The summed E-state index contributed by atoms with van der Waals surface area (Å²) in [6.07, 6.45) is 0. The third-order valence-electron chi connectivity index (χ3n) is 4.22. The van der Waals surface area contributed by atoms with Crippen molar-refractivity contribution in [3.8, 4) is 5.75 Å². The van der Waals surface area contributed by atoms with Crippen LogP contribution in [0.25, 0.3) is 0 Å². The molecular formula is C21H22NOPSe. The van der Waals surface area contributed by atoms with Gasteiger partial charge in [-0.25, -0.2) is 0 Å². The zero-order valence-corrected chi connectivity index (χ0v) is 17.0. The molecule has 0 spiro atoms. The monoisotopic (exact) mass is 415 g/mol. The summed E-state index contributed by atoms with van der Waals surface area (Å²) in [5.41, 5.74) is -0.679. The fraction of sp³-hybridized carbons (Fsp3) is 0.143. The summed E-state index contributed by atoms with van der Waals surface area (Å²) in [6.45, 7) is 2.21. The summed E-state index contributed by atoms with van der Waals surface area (Å²) in [4.78, 5) is 0. The number of para-hydroxylation sites is 1. The van der Waals surface area contributed by atoms with E-state index in [2.05, 4.69) is 93.8 Å². The van der Waals surface area contributed by atoms with Gasteiger partial charge in [-0.3, -0.25) is 0 Å². The molecule has 2 nitrogen and oxygen atoms in total. The predicted octanol–water partition coefficient (Wildman–Crippen LogP) is 4.01. The van der Waals surface area contributed by atoms with Gasteiger partial charge < -0.3 is 0 Å². The molecule has 0 saturated carbocycles. The third-order valence-corrected chi connectivity index (χ3v) is 10.3. The van der Waals surface area contributed by atoms with Gasteiger partial charge in [0.05, 0.1) is 0 Å². The molecule has 4 heteroatoms. The van der Waals surface area contributed by atoms with Crippen molar-refractivity contribution in [3.63, 3.8) is 0 Å². The van der Waals surface area contributed by atoms with Gasteiger partial charge in [0.25, 0.3) is 0 Å². The molecule has 0 amide bonds. The SMILES string of the molecule is COc1ccccc1P(=[Se])(N[C@@H](C)c1ccccc1)c1ccccc1. The van der Waals surface area contributed by atoms with Gasteiger partial charge in [-0.05, 0) is 0 Å². The fourth-order valence-corrected chi connectivity index (χ4v) is 8.24. The van der Waals surface area contributed by atoms with Crippen LogP contribution in [0.2, 0.25) is 0 Å². The van der Waals surface area contributed by atoms with Crippen LogP contribution in [0.1, 0.15) is 18.5 Å². The topological polar surface area (TPSA) is 21.3 Å². The standard InChI is InChI=1S/C21H22NOPSe/c1-17(18-11-5-3-6-12-18)22-24(25,19-13-7-4-8-14-19)21-16-10-9-15-20(21)23-2/h3-17H,1-2H3,(H,22,25)/t17-,24?/m0/s1. The zero-order valence-electron chi connectivity index (χ0n) is 14.4. The van der Waals surface area contributed by atoms with Crippen LogP contribution in [0.15, 0.2) is 84.9 Å². The minimum atomic E-state index is -1.95. The Bertz CT molecular complexity index is 867. The normalized spacial score (nSPS) is 14.5. The van der Waals surface area contributed by atoms with Crippen LogP contribution in [-0.4, -0.2) is 22.2 Å². The molecule has 25 heavy (non-hydrogen) atoms. The summed E-state index contributed by atoms with van der Waals surface area (Å²) in [5.74, 6) is 0.909. The predicted molar refractivity (Wildman–Crippen MR) is 109 cm³/mol.